The molecule has 2 aromatic rings. The van der Waals surface area contributed by atoms with Crippen LogP contribution in [-0.2, 0) is 11.3 Å². The van der Waals surface area contributed by atoms with Crippen molar-refractivity contribution in [3.05, 3.63) is 52.4 Å². The second kappa shape index (κ2) is 9.04. The number of fused-ring (bicyclic) bond motifs is 4. The smallest absolute Gasteiger partial charge is 0.321 e. The van der Waals surface area contributed by atoms with Crippen molar-refractivity contribution in [1.82, 2.24) is 14.4 Å². The van der Waals surface area contributed by atoms with Crippen LogP contribution in [0.1, 0.15) is 18.0 Å². The van der Waals surface area contributed by atoms with Crippen LogP contribution in [0.15, 0.2) is 41.2 Å². The van der Waals surface area contributed by atoms with Crippen LogP contribution in [0.2, 0.25) is 0 Å². The van der Waals surface area contributed by atoms with Crippen LogP contribution in [0.4, 0.5) is 16.2 Å². The van der Waals surface area contributed by atoms with Gasteiger partial charge in [-0.3, -0.25) is 9.59 Å². The van der Waals surface area contributed by atoms with Gasteiger partial charge in [0.1, 0.15) is 11.4 Å². The summed E-state index contributed by atoms with van der Waals surface area (Å²) >= 11 is 0. The SMILES string of the molecule is COc1ccc(NC(=O)N2C[C@@H]3C[C@H](C2)c2ccc(NC(=O)CN(C)C)c(=O)n2C3)cc1. The van der Waals surface area contributed by atoms with Gasteiger partial charge in [-0.05, 0) is 62.8 Å². The van der Waals surface area contributed by atoms with E-state index in [1.54, 1.807) is 48.9 Å². The minimum atomic E-state index is -0.218. The minimum Gasteiger partial charge on any atom is -0.497 e. The molecule has 0 aliphatic carbocycles. The number of hydrogen-bond donors (Lipinski definition) is 2. The van der Waals surface area contributed by atoms with Gasteiger partial charge in [-0.1, -0.05) is 0 Å². The molecule has 0 radical (unpaired) electrons. The first kappa shape index (κ1) is 21.9. The minimum absolute atomic E-state index is 0.0864. The number of rotatable bonds is 5. The van der Waals surface area contributed by atoms with Crippen LogP contribution >= 0.6 is 0 Å². The Hall–Kier alpha value is -3.33. The molecule has 9 heteroatoms. The fourth-order valence-corrected chi connectivity index (χ4v) is 4.56. The monoisotopic (exact) mass is 439 g/mol. The molecule has 4 rings (SSSR count). The number of urea groups is 1. The number of amides is 3. The van der Waals surface area contributed by atoms with E-state index in [0.29, 0.717) is 31.0 Å². The third-order valence-electron chi connectivity index (χ3n) is 5.97. The van der Waals surface area contributed by atoms with Crippen LogP contribution in [0, 0.1) is 5.92 Å². The van der Waals surface area contributed by atoms with Gasteiger partial charge in [0, 0.05) is 36.9 Å². The summed E-state index contributed by atoms with van der Waals surface area (Å²) in [4.78, 5) is 41.5. The van der Waals surface area contributed by atoms with Crippen molar-refractivity contribution in [3.8, 4) is 5.75 Å². The van der Waals surface area contributed by atoms with Crippen molar-refractivity contribution in [1.29, 1.82) is 0 Å². The Morgan fingerprint density at radius 3 is 2.50 bits per heavy atom. The highest BCUT2D eigenvalue weighted by molar-refractivity contribution is 5.92. The molecule has 0 unspecified atom stereocenters. The molecule has 2 N–H and O–H groups in total. The van der Waals surface area contributed by atoms with Gasteiger partial charge in [-0.25, -0.2) is 4.79 Å². The van der Waals surface area contributed by atoms with Crippen molar-refractivity contribution in [2.75, 3.05) is 51.5 Å². The highest BCUT2D eigenvalue weighted by Gasteiger charge is 2.36. The predicted octanol–water partition coefficient (Wildman–Crippen LogP) is 2.01. The number of likely N-dealkylation sites (tertiary alicyclic amines) is 1. The molecule has 0 saturated carbocycles. The van der Waals surface area contributed by atoms with Crippen LogP contribution in [0.3, 0.4) is 0 Å². The first-order valence-corrected chi connectivity index (χ1v) is 10.7. The number of benzene rings is 1. The highest BCUT2D eigenvalue weighted by atomic mass is 16.5. The van der Waals surface area contributed by atoms with Gasteiger partial charge in [0.15, 0.2) is 0 Å². The third-order valence-corrected chi connectivity index (χ3v) is 5.97. The van der Waals surface area contributed by atoms with Crippen LogP contribution in [0.25, 0.3) is 0 Å². The summed E-state index contributed by atoms with van der Waals surface area (Å²) in [6.45, 7) is 1.88. The van der Waals surface area contributed by atoms with Crippen molar-refractivity contribution < 1.29 is 14.3 Å². The fourth-order valence-electron chi connectivity index (χ4n) is 4.56. The Kier molecular flexibility index (Phi) is 6.18. The molecule has 0 spiro atoms. The Bertz CT molecular complexity index is 1060. The molecule has 2 aliphatic rings. The van der Waals surface area contributed by atoms with E-state index < -0.39 is 0 Å². The Balaban J connectivity index is 1.47. The molecular weight excluding hydrogens is 410 g/mol. The lowest BCUT2D eigenvalue weighted by atomic mass is 9.83. The zero-order chi connectivity index (χ0) is 22.8. The first-order valence-electron chi connectivity index (χ1n) is 10.7. The van der Waals surface area contributed by atoms with Gasteiger partial charge in [0.2, 0.25) is 5.91 Å². The van der Waals surface area contributed by atoms with Crippen molar-refractivity contribution in [2.45, 2.75) is 18.9 Å². The molecule has 2 atom stereocenters. The average molecular weight is 440 g/mol. The van der Waals surface area contributed by atoms with E-state index in [2.05, 4.69) is 10.6 Å². The van der Waals surface area contributed by atoms with E-state index in [4.69, 9.17) is 4.74 Å². The lowest BCUT2D eigenvalue weighted by Gasteiger charge is -2.42. The van der Waals surface area contributed by atoms with Crippen molar-refractivity contribution in [2.24, 2.45) is 5.92 Å². The average Bonchev–Trinajstić information content (AvgIpc) is 2.76. The van der Waals surface area contributed by atoms with Crippen LogP contribution in [0.5, 0.6) is 5.75 Å². The standard InChI is InChI=1S/C23H29N5O4/c1-26(2)14-21(29)25-19-8-9-20-16-10-15(12-28(20)22(19)30)11-27(13-16)23(31)24-17-4-6-18(32-3)7-5-17/h4-9,15-16H,10-14H2,1-3H3,(H,24,31)(H,25,29)/t15-,16+/m0/s1. The van der Waals surface area contributed by atoms with E-state index in [1.165, 1.54) is 0 Å². The van der Waals surface area contributed by atoms with E-state index in [0.717, 1.165) is 17.9 Å². The molecule has 2 bridgehead atoms. The molecule has 1 aromatic heterocycles. The fraction of sp³-hybridized carbons (Fsp3) is 0.435. The second-order valence-corrected chi connectivity index (χ2v) is 8.74. The number of methoxy groups -OCH3 is 1. The number of anilines is 2. The number of carbonyl (C=O) groups is 2. The number of hydrogen-bond acceptors (Lipinski definition) is 5. The number of piperidine rings is 1. The number of aromatic nitrogens is 1. The molecule has 1 aromatic carbocycles. The molecule has 32 heavy (non-hydrogen) atoms. The number of pyridine rings is 1. The summed E-state index contributed by atoms with van der Waals surface area (Å²) in [6, 6.07) is 10.7. The summed E-state index contributed by atoms with van der Waals surface area (Å²) in [6.07, 6.45) is 0.943. The summed E-state index contributed by atoms with van der Waals surface area (Å²) in [7, 11) is 5.21. The third kappa shape index (κ3) is 4.62. The van der Waals surface area contributed by atoms with Gasteiger partial charge in [0.05, 0.1) is 13.7 Å². The van der Waals surface area contributed by atoms with Gasteiger partial charge in [-0.2, -0.15) is 0 Å². The van der Waals surface area contributed by atoms with Crippen LogP contribution < -0.4 is 20.9 Å². The van der Waals surface area contributed by atoms with Gasteiger partial charge >= 0.3 is 6.03 Å². The quantitative estimate of drug-likeness (QED) is 0.743. The molecule has 3 amide bonds. The molecule has 1 saturated heterocycles. The summed E-state index contributed by atoms with van der Waals surface area (Å²) < 4.78 is 6.92. The maximum absolute atomic E-state index is 13.0. The Morgan fingerprint density at radius 1 is 1.06 bits per heavy atom. The molecule has 3 heterocycles. The Labute approximate surface area is 187 Å². The summed E-state index contributed by atoms with van der Waals surface area (Å²) in [5, 5.41) is 5.67. The highest BCUT2D eigenvalue weighted by Crippen LogP contribution is 2.35. The molecular formula is C23H29N5O4. The number of ether oxygens (including phenoxy) is 1. The topological polar surface area (TPSA) is 95.9 Å². The maximum atomic E-state index is 13.0. The van der Waals surface area contributed by atoms with Crippen molar-refractivity contribution >= 4 is 23.3 Å². The van der Waals surface area contributed by atoms with Gasteiger partial charge < -0.3 is 29.7 Å². The maximum Gasteiger partial charge on any atom is 0.321 e. The molecule has 170 valence electrons. The molecule has 2 aliphatic heterocycles. The lowest BCUT2D eigenvalue weighted by molar-refractivity contribution is -0.116. The van der Waals surface area contributed by atoms with Crippen molar-refractivity contribution in [3.63, 3.8) is 0 Å². The lowest BCUT2D eigenvalue weighted by Crippen LogP contribution is -2.50. The summed E-state index contributed by atoms with van der Waals surface area (Å²) in [5.74, 6) is 0.788. The van der Waals surface area contributed by atoms with E-state index in [9.17, 15) is 14.4 Å². The van der Waals surface area contributed by atoms with E-state index in [-0.39, 0.29) is 35.9 Å². The second-order valence-electron chi connectivity index (χ2n) is 8.74. The largest absolute Gasteiger partial charge is 0.497 e. The van der Waals surface area contributed by atoms with Gasteiger partial charge in [-0.15, -0.1) is 0 Å². The number of nitrogens with one attached hydrogen (secondary N) is 2. The van der Waals surface area contributed by atoms with E-state index in [1.807, 2.05) is 23.1 Å². The number of carbonyl (C=O) groups excluding carboxylic acids is 2. The first-order chi connectivity index (χ1) is 15.3. The zero-order valence-electron chi connectivity index (χ0n) is 18.6. The molecule has 9 nitrogen and oxygen atoms in total. The number of nitrogens with zero attached hydrogens (tertiary/aromatic N) is 3. The van der Waals surface area contributed by atoms with Gasteiger partial charge in [0.25, 0.3) is 5.56 Å². The predicted molar refractivity (Wildman–Crippen MR) is 122 cm³/mol. The zero-order valence-corrected chi connectivity index (χ0v) is 18.6. The van der Waals surface area contributed by atoms with E-state index >= 15 is 0 Å². The normalized spacial score (nSPS) is 19.3. The Morgan fingerprint density at radius 2 is 1.81 bits per heavy atom. The summed E-state index contributed by atoms with van der Waals surface area (Å²) in [5.41, 5.74) is 1.75. The van der Waals surface area contributed by atoms with Crippen LogP contribution in [-0.4, -0.2) is 67.1 Å². The molecule has 1 fully saturated rings. The number of likely N-dealkylation sites (N-methyl/N-ethyl adjacent to an activating group) is 1.